The number of furan rings is 1. The van der Waals surface area contributed by atoms with Crippen LogP contribution in [0.3, 0.4) is 0 Å². The molecule has 0 bridgehead atoms. The van der Waals surface area contributed by atoms with Crippen molar-refractivity contribution >= 4 is 40.0 Å². The molecule has 2 amide bonds. The molecule has 0 radical (unpaired) electrons. The Hall–Kier alpha value is -3.39. The van der Waals surface area contributed by atoms with Crippen molar-refractivity contribution in [3.05, 3.63) is 69.6 Å². The second-order valence-electron chi connectivity index (χ2n) is 7.36. The predicted molar refractivity (Wildman–Crippen MR) is 117 cm³/mol. The summed E-state index contributed by atoms with van der Waals surface area (Å²) in [5.41, 5.74) is 1.36. The monoisotopic (exact) mass is 440 g/mol. The van der Waals surface area contributed by atoms with E-state index < -0.39 is 11.9 Å². The zero-order valence-electron chi connectivity index (χ0n) is 17.1. The molecule has 160 valence electrons. The summed E-state index contributed by atoms with van der Waals surface area (Å²) in [6.45, 7) is 4.29. The number of nitrogens with one attached hydrogen (secondary N) is 1. The van der Waals surface area contributed by atoms with Crippen LogP contribution in [0.1, 0.15) is 29.7 Å². The van der Waals surface area contributed by atoms with Crippen LogP contribution in [0.25, 0.3) is 16.6 Å². The number of halogens is 1. The first-order chi connectivity index (χ1) is 14.8. The second-order valence-corrected chi connectivity index (χ2v) is 7.80. The van der Waals surface area contributed by atoms with Gasteiger partial charge in [0.25, 0.3) is 11.5 Å². The maximum atomic E-state index is 12.8. The van der Waals surface area contributed by atoms with Crippen LogP contribution in [0.5, 0.6) is 0 Å². The van der Waals surface area contributed by atoms with Crippen molar-refractivity contribution in [1.29, 1.82) is 0 Å². The number of carbonyl (C=O) groups is 2. The first-order valence-corrected chi connectivity index (χ1v) is 10.2. The van der Waals surface area contributed by atoms with Crippen LogP contribution in [-0.2, 0) is 4.79 Å². The Morgan fingerprint density at radius 2 is 2.10 bits per heavy atom. The lowest BCUT2D eigenvalue weighted by Gasteiger charge is -2.30. The zero-order valence-corrected chi connectivity index (χ0v) is 17.8. The Kier molecular flexibility index (Phi) is 5.65. The van der Waals surface area contributed by atoms with Crippen LogP contribution in [-0.4, -0.2) is 45.4 Å². The minimum atomic E-state index is -0.689. The van der Waals surface area contributed by atoms with E-state index >= 15 is 0 Å². The van der Waals surface area contributed by atoms with Crippen molar-refractivity contribution in [3.63, 3.8) is 0 Å². The maximum Gasteiger partial charge on any atom is 0.287 e. The van der Waals surface area contributed by atoms with E-state index in [1.54, 1.807) is 49.1 Å². The van der Waals surface area contributed by atoms with Gasteiger partial charge < -0.3 is 19.2 Å². The van der Waals surface area contributed by atoms with E-state index in [4.69, 9.17) is 16.0 Å². The average molecular weight is 441 g/mol. The third-order valence-corrected chi connectivity index (χ3v) is 5.50. The van der Waals surface area contributed by atoms with Crippen molar-refractivity contribution in [3.8, 4) is 0 Å². The van der Waals surface area contributed by atoms with E-state index in [2.05, 4.69) is 10.3 Å². The van der Waals surface area contributed by atoms with E-state index in [0.29, 0.717) is 35.7 Å². The molecule has 1 atom stereocenters. The maximum absolute atomic E-state index is 12.8. The largest absolute Gasteiger partial charge is 0.459 e. The summed E-state index contributed by atoms with van der Waals surface area (Å²) in [6.07, 6.45) is 3.92. The number of amides is 2. The minimum absolute atomic E-state index is 0.161. The normalized spacial score (nSPS) is 14.9. The highest BCUT2D eigenvalue weighted by Crippen LogP contribution is 2.24. The van der Waals surface area contributed by atoms with E-state index in [9.17, 15) is 14.4 Å². The van der Waals surface area contributed by atoms with Gasteiger partial charge in [-0.2, -0.15) is 4.98 Å². The van der Waals surface area contributed by atoms with Crippen LogP contribution < -0.4 is 10.9 Å². The summed E-state index contributed by atoms with van der Waals surface area (Å²) in [4.78, 5) is 43.0. The molecule has 0 fully saturated rings. The lowest BCUT2D eigenvalue weighted by molar-refractivity contribution is -0.132. The Morgan fingerprint density at radius 3 is 2.77 bits per heavy atom. The molecule has 1 aromatic carbocycles. The van der Waals surface area contributed by atoms with Crippen LogP contribution >= 0.6 is 11.6 Å². The molecular weight excluding hydrogens is 420 g/mol. The highest BCUT2D eigenvalue weighted by Gasteiger charge is 2.25. The van der Waals surface area contributed by atoms with Crippen molar-refractivity contribution in [2.24, 2.45) is 0 Å². The van der Waals surface area contributed by atoms with Gasteiger partial charge in [-0.05, 0) is 50.3 Å². The fourth-order valence-electron chi connectivity index (χ4n) is 3.74. The molecule has 8 nitrogen and oxygen atoms in total. The summed E-state index contributed by atoms with van der Waals surface area (Å²) in [5.74, 6) is 0.124. The van der Waals surface area contributed by atoms with Crippen molar-refractivity contribution in [1.82, 2.24) is 19.8 Å². The molecule has 1 aliphatic heterocycles. The van der Waals surface area contributed by atoms with Gasteiger partial charge in [-0.15, -0.1) is 0 Å². The molecule has 3 heterocycles. The molecule has 1 unspecified atom stereocenters. The van der Waals surface area contributed by atoms with Crippen LogP contribution in [0.15, 0.2) is 51.9 Å². The number of rotatable bonds is 4. The molecule has 1 aliphatic rings. The molecule has 0 spiro atoms. The molecule has 9 heteroatoms. The third-order valence-electron chi connectivity index (χ3n) is 5.26. The minimum Gasteiger partial charge on any atom is -0.459 e. The summed E-state index contributed by atoms with van der Waals surface area (Å²) in [7, 11) is 0. The molecule has 31 heavy (non-hydrogen) atoms. The number of nitrogens with zero attached hydrogens (tertiary/aromatic N) is 3. The first kappa shape index (κ1) is 20.9. The average Bonchev–Trinajstić information content (AvgIpc) is 3.29. The topological polar surface area (TPSA) is 97.4 Å². The van der Waals surface area contributed by atoms with Gasteiger partial charge in [-0.1, -0.05) is 11.6 Å². The van der Waals surface area contributed by atoms with E-state index in [0.717, 1.165) is 11.2 Å². The molecule has 0 saturated heterocycles. The van der Waals surface area contributed by atoms with E-state index in [1.165, 1.54) is 6.26 Å². The quantitative estimate of drug-likeness (QED) is 0.672. The number of aryl methyl sites for hydroxylation is 1. The smallest absolute Gasteiger partial charge is 0.287 e. The molecule has 0 aliphatic carbocycles. The fourth-order valence-corrected chi connectivity index (χ4v) is 3.91. The van der Waals surface area contributed by atoms with E-state index in [1.807, 2.05) is 10.6 Å². The van der Waals surface area contributed by atoms with Gasteiger partial charge in [-0.3, -0.25) is 14.4 Å². The Bertz CT molecular complexity index is 1250. The first-order valence-electron chi connectivity index (χ1n) is 9.86. The lowest BCUT2D eigenvalue weighted by Crippen LogP contribution is -2.48. The van der Waals surface area contributed by atoms with Crippen LogP contribution in [0.4, 0.5) is 0 Å². The summed E-state index contributed by atoms with van der Waals surface area (Å²) < 4.78 is 6.99. The number of aromatic nitrogens is 2. The van der Waals surface area contributed by atoms with E-state index in [-0.39, 0.29) is 17.2 Å². The van der Waals surface area contributed by atoms with Gasteiger partial charge in [0, 0.05) is 30.2 Å². The molecule has 2 aromatic heterocycles. The number of carbonyl (C=O) groups excluding carboxylic acids is 2. The number of benzene rings is 1. The van der Waals surface area contributed by atoms with Gasteiger partial charge in [-0.25, -0.2) is 0 Å². The Balaban J connectivity index is 1.53. The van der Waals surface area contributed by atoms with Crippen molar-refractivity contribution in [2.45, 2.75) is 26.3 Å². The molecule has 4 rings (SSSR count). The van der Waals surface area contributed by atoms with Crippen LogP contribution in [0.2, 0.25) is 5.02 Å². The standard InChI is InChI=1S/C22H21ClN4O4/c1-13(24-21(29)19-4-3-11-31-19)22(30)26-9-7-16(8-10-26)27-14(2)25-20(28)17-12-15(23)5-6-18(17)27/h3-7,11-13H,8-10H2,1-2H3,(H,24,29). The SMILES string of the molecule is Cc1nc(=O)c2cc(Cl)ccc2n1C1=CCN(C(=O)C(C)NC(=O)c2ccco2)CC1. The highest BCUT2D eigenvalue weighted by molar-refractivity contribution is 6.31. The van der Waals surface area contributed by atoms with Gasteiger partial charge >= 0.3 is 0 Å². The highest BCUT2D eigenvalue weighted by atomic mass is 35.5. The molecule has 0 saturated carbocycles. The Labute approximate surface area is 183 Å². The van der Waals surface area contributed by atoms with Gasteiger partial charge in [0.2, 0.25) is 5.91 Å². The molecular formula is C22H21ClN4O4. The molecule has 3 aromatic rings. The van der Waals surface area contributed by atoms with Gasteiger partial charge in [0.15, 0.2) is 5.76 Å². The summed E-state index contributed by atoms with van der Waals surface area (Å²) in [5, 5.41) is 3.58. The number of hydrogen-bond acceptors (Lipinski definition) is 5. The fraction of sp³-hybridized carbons (Fsp3) is 0.273. The zero-order chi connectivity index (χ0) is 22.1. The molecule has 1 N–H and O–H groups in total. The van der Waals surface area contributed by atoms with Crippen LogP contribution in [0, 0.1) is 6.92 Å². The predicted octanol–water partition coefficient (Wildman–Crippen LogP) is 2.84. The third kappa shape index (κ3) is 4.11. The Morgan fingerprint density at radius 1 is 1.29 bits per heavy atom. The van der Waals surface area contributed by atoms with Gasteiger partial charge in [0.05, 0.1) is 17.2 Å². The lowest BCUT2D eigenvalue weighted by atomic mass is 10.1. The number of hydrogen-bond donors (Lipinski definition) is 1. The number of fused-ring (bicyclic) bond motifs is 1. The van der Waals surface area contributed by atoms with Crippen molar-refractivity contribution < 1.29 is 14.0 Å². The van der Waals surface area contributed by atoms with Crippen molar-refractivity contribution in [2.75, 3.05) is 13.1 Å². The van der Waals surface area contributed by atoms with Gasteiger partial charge in [0.1, 0.15) is 11.9 Å². The summed E-state index contributed by atoms with van der Waals surface area (Å²) >= 11 is 6.05. The summed E-state index contributed by atoms with van der Waals surface area (Å²) in [6, 6.07) is 7.63. The second kappa shape index (κ2) is 8.39.